The molecule has 2 aliphatic heterocycles. The number of allylic oxidation sites excluding steroid dienone is 2. The van der Waals surface area contributed by atoms with Crippen LogP contribution in [0, 0.1) is 44.4 Å². The van der Waals surface area contributed by atoms with Crippen LogP contribution in [-0.2, 0) is 24.6 Å². The van der Waals surface area contributed by atoms with Crippen LogP contribution in [0.15, 0.2) is 109 Å². The Morgan fingerprint density at radius 1 is 0.755 bits per heavy atom. The highest BCUT2D eigenvalue weighted by Crippen LogP contribution is 2.64. The molecule has 4 aromatic rings. The van der Waals surface area contributed by atoms with Gasteiger partial charge in [-0.1, -0.05) is 90.0 Å². The van der Waals surface area contributed by atoms with E-state index in [0.717, 1.165) is 16.7 Å². The molecule has 8 nitrogen and oxygen atoms in total. The van der Waals surface area contributed by atoms with E-state index in [1.807, 2.05) is 93.6 Å². The number of fused-ring (bicyclic) bond motifs is 4. The molecule has 3 fully saturated rings. The topological polar surface area (TPSA) is 107 Å². The summed E-state index contributed by atoms with van der Waals surface area (Å²) in [5.41, 5.74) is 7.65. The number of hydrazine groups is 1. The molecule has 0 bridgehead atoms. The van der Waals surface area contributed by atoms with E-state index in [4.69, 9.17) is 0 Å². The summed E-state index contributed by atoms with van der Waals surface area (Å²) in [5.74, 6) is -4.26. The number of carbonyl (C=O) groups excluding carboxylic acids is 4. The van der Waals surface area contributed by atoms with Crippen molar-refractivity contribution < 1.29 is 24.3 Å². The average Bonchev–Trinajstić information content (AvgIpc) is 3.49. The highest BCUT2D eigenvalue weighted by Gasteiger charge is 2.70. The number of nitrogens with one attached hydrogen (secondary N) is 1. The average molecular weight is 652 g/mol. The zero-order chi connectivity index (χ0) is 34.2. The molecule has 6 unspecified atom stereocenters. The van der Waals surface area contributed by atoms with Crippen LogP contribution in [0.1, 0.15) is 46.6 Å². The third kappa shape index (κ3) is 4.43. The van der Waals surface area contributed by atoms with Crippen LogP contribution in [0.4, 0.5) is 11.4 Å². The van der Waals surface area contributed by atoms with E-state index in [2.05, 4.69) is 11.5 Å². The number of rotatable bonds is 5. The second kappa shape index (κ2) is 11.3. The van der Waals surface area contributed by atoms with Crippen LogP contribution in [0.3, 0.4) is 0 Å². The minimum Gasteiger partial charge on any atom is -0.507 e. The van der Waals surface area contributed by atoms with Gasteiger partial charge in [0, 0.05) is 5.92 Å². The molecular weight excluding hydrogens is 614 g/mol. The fourth-order valence-electron chi connectivity index (χ4n) is 9.11. The van der Waals surface area contributed by atoms with Gasteiger partial charge in [0.25, 0.3) is 11.8 Å². The molecule has 6 atom stereocenters. The van der Waals surface area contributed by atoms with Crippen molar-refractivity contribution >= 4 is 35.0 Å². The molecule has 49 heavy (non-hydrogen) atoms. The number of anilines is 2. The van der Waals surface area contributed by atoms with Gasteiger partial charge in [0.15, 0.2) is 0 Å². The normalized spacial score (nSPS) is 27.5. The van der Waals surface area contributed by atoms with Crippen molar-refractivity contribution in [3.8, 4) is 5.75 Å². The summed E-state index contributed by atoms with van der Waals surface area (Å²) in [6.07, 6.45) is 2.63. The lowest BCUT2D eigenvalue weighted by Gasteiger charge is -2.50. The Morgan fingerprint density at radius 2 is 1.39 bits per heavy atom. The Balaban J connectivity index is 1.34. The summed E-state index contributed by atoms with van der Waals surface area (Å²) < 4.78 is 0. The summed E-state index contributed by atoms with van der Waals surface area (Å²) in [6.45, 7) is 5.62. The van der Waals surface area contributed by atoms with Gasteiger partial charge in [-0.3, -0.25) is 29.5 Å². The summed E-state index contributed by atoms with van der Waals surface area (Å²) in [4.78, 5) is 59.7. The highest BCUT2D eigenvalue weighted by atomic mass is 16.3. The number of imide groups is 2. The first kappa shape index (κ1) is 30.8. The SMILES string of the molecule is Cc1ccc(NN2C(=O)C3CC4C(=CCC5C(=O)N(c6ccccc6)C(=O)C54)C(c4cc(C)c(O)c(C)c4)C3(c3ccccc3)C2=O)cc1. The second-order valence-corrected chi connectivity index (χ2v) is 13.9. The van der Waals surface area contributed by atoms with Gasteiger partial charge in [0.1, 0.15) is 5.75 Å². The molecule has 2 N–H and O–H groups in total. The fraction of sp³-hybridized carbons (Fsp3) is 0.268. The van der Waals surface area contributed by atoms with E-state index in [-0.39, 0.29) is 35.8 Å². The van der Waals surface area contributed by atoms with Gasteiger partial charge >= 0.3 is 0 Å². The number of aryl methyl sites for hydroxylation is 3. The van der Waals surface area contributed by atoms with E-state index in [1.165, 1.54) is 9.91 Å². The van der Waals surface area contributed by atoms with Crippen LogP contribution in [0.2, 0.25) is 0 Å². The van der Waals surface area contributed by atoms with Crippen molar-refractivity contribution in [1.82, 2.24) is 5.01 Å². The van der Waals surface area contributed by atoms with Crippen molar-refractivity contribution in [2.75, 3.05) is 10.3 Å². The molecule has 8 heteroatoms. The molecule has 8 rings (SSSR count). The molecule has 0 spiro atoms. The quantitative estimate of drug-likeness (QED) is 0.188. The highest BCUT2D eigenvalue weighted by molar-refractivity contribution is 6.22. The standard InChI is InChI=1S/C41H37N3O5/c1-23-14-16-28(17-15-23)42-44-38(47)33-22-32-30(18-19-31-34(32)39(48)43(37(31)46)29-12-8-5-9-13-29)35(26-20-24(2)36(45)25(3)21-26)41(33,40(44)49)27-10-6-4-7-11-27/h4-18,20-21,31-35,42,45H,19,22H2,1-3H3. The Morgan fingerprint density at radius 3 is 2.04 bits per heavy atom. The number of carbonyl (C=O) groups is 4. The number of para-hydroxylation sites is 1. The van der Waals surface area contributed by atoms with Crippen molar-refractivity contribution in [2.24, 2.45) is 23.7 Å². The maximum atomic E-state index is 15.3. The van der Waals surface area contributed by atoms with Gasteiger partial charge < -0.3 is 5.11 Å². The van der Waals surface area contributed by atoms with Crippen LogP contribution >= 0.6 is 0 Å². The van der Waals surface area contributed by atoms with E-state index < -0.39 is 35.0 Å². The monoisotopic (exact) mass is 651 g/mol. The molecule has 2 aliphatic carbocycles. The summed E-state index contributed by atoms with van der Waals surface area (Å²) in [5, 5.41) is 12.0. The predicted octanol–water partition coefficient (Wildman–Crippen LogP) is 6.51. The van der Waals surface area contributed by atoms with Crippen LogP contribution in [-0.4, -0.2) is 33.7 Å². The molecule has 0 radical (unpaired) electrons. The zero-order valence-corrected chi connectivity index (χ0v) is 27.6. The maximum absolute atomic E-state index is 15.3. The van der Waals surface area contributed by atoms with E-state index in [1.54, 1.807) is 24.3 Å². The number of phenols is 1. The largest absolute Gasteiger partial charge is 0.507 e. The molecule has 4 aromatic carbocycles. The van der Waals surface area contributed by atoms with Crippen molar-refractivity contribution in [3.63, 3.8) is 0 Å². The molecule has 0 aromatic heterocycles. The lowest BCUT2D eigenvalue weighted by Crippen LogP contribution is -2.53. The number of phenolic OH excluding ortho intramolecular Hbond substituents is 1. The Kier molecular flexibility index (Phi) is 7.10. The van der Waals surface area contributed by atoms with Gasteiger partial charge in [-0.05, 0) is 86.1 Å². The molecule has 2 saturated heterocycles. The van der Waals surface area contributed by atoms with Crippen LogP contribution in [0.5, 0.6) is 5.75 Å². The first-order valence-corrected chi connectivity index (χ1v) is 16.8. The number of amides is 4. The zero-order valence-electron chi connectivity index (χ0n) is 27.6. The third-order valence-corrected chi connectivity index (χ3v) is 11.3. The lowest BCUT2D eigenvalue weighted by molar-refractivity contribution is -0.138. The molecule has 4 amide bonds. The first-order valence-electron chi connectivity index (χ1n) is 16.8. The molecule has 246 valence electrons. The maximum Gasteiger partial charge on any atom is 0.260 e. The molecule has 4 aliphatic rings. The Labute approximate surface area is 285 Å². The number of hydrogen-bond donors (Lipinski definition) is 2. The predicted molar refractivity (Wildman–Crippen MR) is 185 cm³/mol. The van der Waals surface area contributed by atoms with Gasteiger partial charge in [0.05, 0.1) is 34.5 Å². The minimum atomic E-state index is -1.36. The smallest absolute Gasteiger partial charge is 0.260 e. The molecule has 1 saturated carbocycles. The van der Waals surface area contributed by atoms with Crippen LogP contribution < -0.4 is 10.3 Å². The van der Waals surface area contributed by atoms with Crippen molar-refractivity contribution in [1.29, 1.82) is 0 Å². The fourth-order valence-corrected chi connectivity index (χ4v) is 9.11. The second-order valence-electron chi connectivity index (χ2n) is 13.9. The van der Waals surface area contributed by atoms with E-state index in [0.29, 0.717) is 34.5 Å². The van der Waals surface area contributed by atoms with Gasteiger partial charge in [-0.15, -0.1) is 0 Å². The Bertz CT molecular complexity index is 2030. The van der Waals surface area contributed by atoms with Gasteiger partial charge in [0.2, 0.25) is 11.8 Å². The number of nitrogens with zero attached hydrogens (tertiary/aromatic N) is 2. The molecule has 2 heterocycles. The number of benzene rings is 4. The lowest BCUT2D eigenvalue weighted by atomic mass is 9.49. The van der Waals surface area contributed by atoms with Gasteiger partial charge in [-0.25, -0.2) is 0 Å². The summed E-state index contributed by atoms with van der Waals surface area (Å²) in [7, 11) is 0. The van der Waals surface area contributed by atoms with Crippen molar-refractivity contribution in [2.45, 2.75) is 44.9 Å². The summed E-state index contributed by atoms with van der Waals surface area (Å²) >= 11 is 0. The van der Waals surface area contributed by atoms with Gasteiger partial charge in [-0.2, -0.15) is 5.01 Å². The van der Waals surface area contributed by atoms with Crippen molar-refractivity contribution in [3.05, 3.63) is 137 Å². The van der Waals surface area contributed by atoms with E-state index in [9.17, 15) is 19.5 Å². The summed E-state index contributed by atoms with van der Waals surface area (Å²) in [6, 6.07) is 29.8. The minimum absolute atomic E-state index is 0.172. The van der Waals surface area contributed by atoms with Crippen LogP contribution in [0.25, 0.3) is 0 Å². The Hall–Kier alpha value is -5.50. The van der Waals surface area contributed by atoms with E-state index >= 15 is 4.79 Å². The molecular formula is C41H37N3O5. The third-order valence-electron chi connectivity index (χ3n) is 11.3. The number of hydrogen-bond acceptors (Lipinski definition) is 6. The number of aromatic hydroxyl groups is 1. The first-order chi connectivity index (χ1) is 23.6.